The quantitative estimate of drug-likeness (QED) is 0.833. The first-order chi connectivity index (χ1) is 11.6. The lowest BCUT2D eigenvalue weighted by atomic mass is 9.99. The largest absolute Gasteiger partial charge is 0.371 e. The lowest BCUT2D eigenvalue weighted by Crippen LogP contribution is -2.36. The Morgan fingerprint density at radius 1 is 1.17 bits per heavy atom. The van der Waals surface area contributed by atoms with Crippen molar-refractivity contribution >= 4 is 17.7 Å². The van der Waals surface area contributed by atoms with Gasteiger partial charge in [-0.05, 0) is 23.3 Å². The van der Waals surface area contributed by atoms with Crippen LogP contribution in [0, 0.1) is 0 Å². The van der Waals surface area contributed by atoms with Crippen LogP contribution in [0.15, 0.2) is 53.4 Å². The summed E-state index contributed by atoms with van der Waals surface area (Å²) in [7, 11) is 0. The van der Waals surface area contributed by atoms with Crippen molar-refractivity contribution in [2.45, 2.75) is 29.8 Å². The molecule has 1 N–H and O–H groups in total. The number of halogens is 2. The maximum absolute atomic E-state index is 12.6. The summed E-state index contributed by atoms with van der Waals surface area (Å²) in [6.07, 6.45) is 0.614. The lowest BCUT2D eigenvalue weighted by molar-refractivity contribution is 0.0284. The van der Waals surface area contributed by atoms with Crippen LogP contribution in [-0.4, -0.2) is 24.3 Å². The van der Waals surface area contributed by atoms with E-state index in [1.54, 1.807) is 18.2 Å². The number of alkyl halides is 2. The minimum Gasteiger partial charge on any atom is -0.371 e. The minimum atomic E-state index is -2.56. The molecule has 0 radical (unpaired) electrons. The van der Waals surface area contributed by atoms with Gasteiger partial charge in [0.05, 0.1) is 18.3 Å². The highest BCUT2D eigenvalue weighted by Crippen LogP contribution is 2.28. The van der Waals surface area contributed by atoms with Gasteiger partial charge in [0.15, 0.2) is 0 Å². The molecule has 24 heavy (non-hydrogen) atoms. The molecule has 126 valence electrons. The molecule has 1 aliphatic rings. The molecule has 1 unspecified atom stereocenters. The van der Waals surface area contributed by atoms with Crippen molar-refractivity contribution in [1.29, 1.82) is 0 Å². The van der Waals surface area contributed by atoms with Gasteiger partial charge in [0.25, 0.3) is 11.7 Å². The maximum Gasteiger partial charge on any atom is 0.288 e. The van der Waals surface area contributed by atoms with Crippen molar-refractivity contribution in [2.75, 3.05) is 6.54 Å². The number of nitrogens with one attached hydrogen (secondary N) is 1. The number of thioether (sulfide) groups is 1. The van der Waals surface area contributed by atoms with Gasteiger partial charge in [0.2, 0.25) is 0 Å². The number of fused-ring (bicyclic) bond motifs is 1. The van der Waals surface area contributed by atoms with Gasteiger partial charge in [-0.3, -0.25) is 4.79 Å². The topological polar surface area (TPSA) is 38.3 Å². The number of benzene rings is 2. The molecular formula is C18H17F2NO2S. The Balaban J connectivity index is 1.61. The number of hydrogen-bond acceptors (Lipinski definition) is 3. The third-order valence-electron chi connectivity index (χ3n) is 3.88. The van der Waals surface area contributed by atoms with Crippen LogP contribution in [0.25, 0.3) is 0 Å². The summed E-state index contributed by atoms with van der Waals surface area (Å²) in [5.41, 5.74) is 2.65. The smallest absolute Gasteiger partial charge is 0.288 e. The molecule has 0 aromatic heterocycles. The van der Waals surface area contributed by atoms with E-state index in [0.29, 0.717) is 24.9 Å². The van der Waals surface area contributed by atoms with Gasteiger partial charge in [-0.15, -0.1) is 0 Å². The third-order valence-corrected chi connectivity index (χ3v) is 4.67. The van der Waals surface area contributed by atoms with E-state index >= 15 is 0 Å². The van der Waals surface area contributed by atoms with Crippen LogP contribution in [0.4, 0.5) is 8.78 Å². The van der Waals surface area contributed by atoms with Crippen molar-refractivity contribution in [1.82, 2.24) is 5.32 Å². The second-order valence-electron chi connectivity index (χ2n) is 5.49. The zero-order chi connectivity index (χ0) is 16.9. The van der Waals surface area contributed by atoms with Crippen molar-refractivity contribution in [3.8, 4) is 0 Å². The summed E-state index contributed by atoms with van der Waals surface area (Å²) in [4.78, 5) is 12.6. The maximum atomic E-state index is 12.6. The Morgan fingerprint density at radius 2 is 1.88 bits per heavy atom. The highest BCUT2D eigenvalue weighted by Gasteiger charge is 2.20. The molecule has 0 aliphatic carbocycles. The summed E-state index contributed by atoms with van der Waals surface area (Å²) < 4.78 is 30.9. The number of hydrogen-bond donors (Lipinski definition) is 1. The summed E-state index contributed by atoms with van der Waals surface area (Å²) in [6.45, 7) is 0.870. The zero-order valence-corrected chi connectivity index (χ0v) is 13.7. The Morgan fingerprint density at radius 3 is 2.67 bits per heavy atom. The predicted octanol–water partition coefficient (Wildman–Crippen LogP) is 3.87. The number of carbonyl (C=O) groups is 1. The van der Waals surface area contributed by atoms with Crippen molar-refractivity contribution in [3.05, 3.63) is 65.2 Å². The molecule has 6 heteroatoms. The molecule has 3 rings (SSSR count). The van der Waals surface area contributed by atoms with Crippen LogP contribution in [0.1, 0.15) is 21.5 Å². The van der Waals surface area contributed by atoms with Crippen molar-refractivity contribution in [2.24, 2.45) is 0 Å². The van der Waals surface area contributed by atoms with Gasteiger partial charge in [0, 0.05) is 17.9 Å². The Kier molecular flexibility index (Phi) is 5.48. The van der Waals surface area contributed by atoms with Crippen LogP contribution in [-0.2, 0) is 17.8 Å². The third kappa shape index (κ3) is 4.13. The van der Waals surface area contributed by atoms with Crippen LogP contribution >= 0.6 is 11.8 Å². The van der Waals surface area contributed by atoms with Gasteiger partial charge >= 0.3 is 0 Å². The molecule has 1 amide bonds. The fraction of sp³-hybridized carbons (Fsp3) is 0.278. The second-order valence-corrected chi connectivity index (χ2v) is 6.52. The average molecular weight is 349 g/mol. The van der Waals surface area contributed by atoms with E-state index in [2.05, 4.69) is 11.4 Å². The van der Waals surface area contributed by atoms with Gasteiger partial charge in [0.1, 0.15) is 0 Å². The van der Waals surface area contributed by atoms with Crippen LogP contribution in [0.3, 0.4) is 0 Å². The predicted molar refractivity (Wildman–Crippen MR) is 89.4 cm³/mol. The van der Waals surface area contributed by atoms with Gasteiger partial charge in [-0.1, -0.05) is 48.2 Å². The normalized spacial score (nSPS) is 16.7. The fourth-order valence-electron chi connectivity index (χ4n) is 2.70. The van der Waals surface area contributed by atoms with Gasteiger partial charge in [-0.2, -0.15) is 8.78 Å². The number of carbonyl (C=O) groups excluding carboxylic acids is 1. The summed E-state index contributed by atoms with van der Waals surface area (Å²) >= 11 is 0.380. The first-order valence-corrected chi connectivity index (χ1v) is 8.52. The minimum absolute atomic E-state index is 0.112. The highest BCUT2D eigenvalue weighted by molar-refractivity contribution is 7.99. The van der Waals surface area contributed by atoms with Crippen molar-refractivity contribution < 1.29 is 18.3 Å². The number of rotatable bonds is 5. The van der Waals surface area contributed by atoms with E-state index in [-0.39, 0.29) is 22.5 Å². The molecule has 0 bridgehead atoms. The summed E-state index contributed by atoms with van der Waals surface area (Å²) in [6, 6.07) is 14.4. The second kappa shape index (κ2) is 7.77. The molecule has 0 saturated carbocycles. The standard InChI is InChI=1S/C18H17F2NO2S/c19-18(20)24-16-8-4-3-7-15(16)17(22)21-10-14-9-12-5-1-2-6-13(12)11-23-14/h1-8,14,18H,9-11H2,(H,21,22). The van der Waals surface area contributed by atoms with E-state index < -0.39 is 5.76 Å². The Labute approximate surface area is 143 Å². The first-order valence-electron chi connectivity index (χ1n) is 7.64. The average Bonchev–Trinajstić information content (AvgIpc) is 2.59. The van der Waals surface area contributed by atoms with E-state index in [4.69, 9.17) is 4.74 Å². The van der Waals surface area contributed by atoms with E-state index in [0.717, 1.165) is 6.42 Å². The van der Waals surface area contributed by atoms with Crippen molar-refractivity contribution in [3.63, 3.8) is 0 Å². The van der Waals surface area contributed by atoms with E-state index in [1.165, 1.54) is 17.2 Å². The number of amides is 1. The zero-order valence-electron chi connectivity index (χ0n) is 12.9. The summed E-state index contributed by atoms with van der Waals surface area (Å²) in [5, 5.41) is 2.79. The molecule has 1 atom stereocenters. The Bertz CT molecular complexity index is 724. The summed E-state index contributed by atoms with van der Waals surface area (Å²) in [5.74, 6) is -2.92. The van der Waals surface area contributed by atoms with Crippen LogP contribution < -0.4 is 5.32 Å². The monoisotopic (exact) mass is 349 g/mol. The molecule has 3 nitrogen and oxygen atoms in total. The molecule has 2 aromatic rings. The molecule has 0 fully saturated rings. The van der Waals surface area contributed by atoms with E-state index in [1.807, 2.05) is 18.2 Å². The highest BCUT2D eigenvalue weighted by atomic mass is 32.2. The SMILES string of the molecule is O=C(NCC1Cc2ccccc2CO1)c1ccccc1SC(F)F. The van der Waals surface area contributed by atoms with Gasteiger partial charge < -0.3 is 10.1 Å². The molecule has 1 heterocycles. The molecule has 2 aromatic carbocycles. The number of ether oxygens (including phenoxy) is 1. The van der Waals surface area contributed by atoms with E-state index in [9.17, 15) is 13.6 Å². The molecule has 0 saturated heterocycles. The lowest BCUT2D eigenvalue weighted by Gasteiger charge is -2.25. The first kappa shape index (κ1) is 16.9. The van der Waals surface area contributed by atoms with Crippen LogP contribution in [0.2, 0.25) is 0 Å². The fourth-order valence-corrected chi connectivity index (χ4v) is 3.33. The van der Waals surface area contributed by atoms with Crippen LogP contribution in [0.5, 0.6) is 0 Å². The molecular weight excluding hydrogens is 332 g/mol. The van der Waals surface area contributed by atoms with Gasteiger partial charge in [-0.25, -0.2) is 0 Å². The Hall–Kier alpha value is -1.92. The molecule has 1 aliphatic heterocycles. The molecule has 0 spiro atoms.